The average Bonchev–Trinajstić information content (AvgIpc) is 3.18. The Morgan fingerprint density at radius 2 is 2.05 bits per heavy atom. The first-order chi connectivity index (χ1) is 10.2. The molecule has 0 aliphatic rings. The van der Waals surface area contributed by atoms with Crippen LogP contribution in [-0.4, -0.2) is 23.1 Å². The second kappa shape index (κ2) is 5.80. The van der Waals surface area contributed by atoms with Crippen LogP contribution >= 0.6 is 11.3 Å². The molecule has 3 aromatic rings. The van der Waals surface area contributed by atoms with E-state index in [-0.39, 0.29) is 0 Å². The molecule has 106 valence electrons. The van der Waals surface area contributed by atoms with Crippen LogP contribution < -0.4 is 9.74 Å². The number of nitrogens with zero attached hydrogens (tertiary/aromatic N) is 3. The molecule has 1 amide bonds. The number of aromatic nitrogens is 2. The smallest absolute Gasteiger partial charge is 0.299 e. The zero-order chi connectivity index (χ0) is 14.7. The molecule has 3 rings (SSSR count). The maximum Gasteiger partial charge on any atom is 0.440 e. The van der Waals surface area contributed by atoms with Crippen molar-refractivity contribution in [1.29, 1.82) is 0 Å². The van der Waals surface area contributed by atoms with Crippen molar-refractivity contribution in [3.05, 3.63) is 59.4 Å². The molecule has 0 atom stereocenters. The fourth-order valence-corrected chi connectivity index (χ4v) is 2.47. The Balaban J connectivity index is 1.71. The lowest BCUT2D eigenvalue weighted by atomic mass is 10.2. The molecule has 0 aliphatic heterocycles. The number of benzene rings is 1. The van der Waals surface area contributed by atoms with E-state index in [1.54, 1.807) is 30.6 Å². The fourth-order valence-electron chi connectivity index (χ4n) is 1.82. The Kier molecular flexibility index (Phi) is 3.70. The van der Waals surface area contributed by atoms with E-state index in [0.29, 0.717) is 0 Å². The van der Waals surface area contributed by atoms with Crippen LogP contribution in [-0.2, 0) is 0 Å². The first kappa shape index (κ1) is 13.4. The van der Waals surface area contributed by atoms with Crippen LogP contribution in [0.4, 0.5) is 10.5 Å². The Bertz CT molecular complexity index is 722. The van der Waals surface area contributed by atoms with Gasteiger partial charge in [-0.3, -0.25) is 9.74 Å². The molecule has 0 fully saturated rings. The normalized spacial score (nSPS) is 10.3. The van der Waals surface area contributed by atoms with Gasteiger partial charge in [-0.2, -0.15) is 11.3 Å². The summed E-state index contributed by atoms with van der Waals surface area (Å²) in [5, 5.41) is 8.19. The summed E-state index contributed by atoms with van der Waals surface area (Å²) in [6.45, 7) is 0. The van der Waals surface area contributed by atoms with Gasteiger partial charge in [-0.05, 0) is 29.6 Å². The van der Waals surface area contributed by atoms with Gasteiger partial charge in [-0.15, -0.1) is 5.10 Å². The molecule has 0 saturated carbocycles. The van der Waals surface area contributed by atoms with E-state index in [0.717, 1.165) is 16.9 Å². The summed E-state index contributed by atoms with van der Waals surface area (Å²) in [6.07, 6.45) is 1.12. The number of amides is 1. The predicted octanol–water partition coefficient (Wildman–Crippen LogP) is 3.30. The van der Waals surface area contributed by atoms with Crippen molar-refractivity contribution in [2.75, 3.05) is 11.9 Å². The standard InChI is InChI=1S/C15H13N3O2S/c1-17(13-5-3-2-4-6-13)15(19)20-18-9-7-14(16-18)12-8-10-21-11-12/h2-11H,1H3. The molecule has 0 saturated heterocycles. The zero-order valence-electron chi connectivity index (χ0n) is 11.3. The van der Waals surface area contributed by atoms with Gasteiger partial charge in [-0.1, -0.05) is 23.0 Å². The number of carbonyl (C=O) groups is 1. The topological polar surface area (TPSA) is 47.4 Å². The van der Waals surface area contributed by atoms with Crippen molar-refractivity contribution in [3.63, 3.8) is 0 Å². The lowest BCUT2D eigenvalue weighted by Gasteiger charge is -2.15. The van der Waals surface area contributed by atoms with Crippen molar-refractivity contribution in [2.24, 2.45) is 0 Å². The molecular formula is C15H13N3O2S. The van der Waals surface area contributed by atoms with Gasteiger partial charge in [0, 0.05) is 23.7 Å². The van der Waals surface area contributed by atoms with Gasteiger partial charge in [0.1, 0.15) is 0 Å². The summed E-state index contributed by atoms with van der Waals surface area (Å²) in [5.74, 6) is 0. The summed E-state index contributed by atoms with van der Waals surface area (Å²) in [7, 11) is 1.65. The molecule has 0 aliphatic carbocycles. The van der Waals surface area contributed by atoms with Crippen LogP contribution in [0.2, 0.25) is 0 Å². The maximum absolute atomic E-state index is 12.1. The molecule has 6 heteroatoms. The second-order valence-electron chi connectivity index (χ2n) is 4.37. The first-order valence-electron chi connectivity index (χ1n) is 6.33. The number of hydrogen-bond acceptors (Lipinski definition) is 4. The Labute approximate surface area is 126 Å². The minimum Gasteiger partial charge on any atom is -0.299 e. The minimum atomic E-state index is -0.499. The maximum atomic E-state index is 12.1. The summed E-state index contributed by atoms with van der Waals surface area (Å²) in [5.41, 5.74) is 2.53. The quantitative estimate of drug-likeness (QED) is 0.745. The molecule has 0 unspecified atom stereocenters. The highest BCUT2D eigenvalue weighted by Crippen LogP contribution is 2.19. The molecule has 0 bridgehead atoms. The van der Waals surface area contributed by atoms with Crippen LogP contribution in [0.1, 0.15) is 0 Å². The lowest BCUT2D eigenvalue weighted by Crippen LogP contribution is -2.34. The fraction of sp³-hybridized carbons (Fsp3) is 0.0667. The average molecular weight is 299 g/mol. The van der Waals surface area contributed by atoms with Crippen molar-refractivity contribution in [1.82, 2.24) is 9.94 Å². The Hall–Kier alpha value is -2.60. The van der Waals surface area contributed by atoms with Crippen LogP contribution in [0.15, 0.2) is 59.4 Å². The predicted molar refractivity (Wildman–Crippen MR) is 82.4 cm³/mol. The number of thiophene rings is 1. The van der Waals surface area contributed by atoms with Gasteiger partial charge in [0.25, 0.3) is 0 Å². The summed E-state index contributed by atoms with van der Waals surface area (Å²) >= 11 is 1.59. The van der Waals surface area contributed by atoms with Gasteiger partial charge >= 0.3 is 6.09 Å². The van der Waals surface area contributed by atoms with Crippen molar-refractivity contribution < 1.29 is 9.63 Å². The molecule has 5 nitrogen and oxygen atoms in total. The van der Waals surface area contributed by atoms with E-state index in [9.17, 15) is 4.79 Å². The highest BCUT2D eigenvalue weighted by atomic mass is 32.1. The van der Waals surface area contributed by atoms with Crippen molar-refractivity contribution in [3.8, 4) is 11.3 Å². The van der Waals surface area contributed by atoms with Gasteiger partial charge in [0.15, 0.2) is 0 Å². The number of para-hydroxylation sites is 1. The molecule has 2 heterocycles. The lowest BCUT2D eigenvalue weighted by molar-refractivity contribution is 0.124. The summed E-state index contributed by atoms with van der Waals surface area (Å²) < 4.78 is 0. The highest BCUT2D eigenvalue weighted by Gasteiger charge is 2.14. The SMILES string of the molecule is CN(C(=O)On1ccc(-c2ccsc2)n1)c1ccccc1. The molecular weight excluding hydrogens is 286 g/mol. The summed E-state index contributed by atoms with van der Waals surface area (Å²) in [4.78, 5) is 19.9. The van der Waals surface area contributed by atoms with Crippen LogP contribution in [0.25, 0.3) is 11.3 Å². The van der Waals surface area contributed by atoms with E-state index < -0.39 is 6.09 Å². The van der Waals surface area contributed by atoms with Crippen LogP contribution in [0.5, 0.6) is 0 Å². The van der Waals surface area contributed by atoms with Crippen LogP contribution in [0.3, 0.4) is 0 Å². The molecule has 0 radical (unpaired) electrons. The number of anilines is 1. The zero-order valence-corrected chi connectivity index (χ0v) is 12.2. The largest absolute Gasteiger partial charge is 0.440 e. The van der Waals surface area contributed by atoms with Crippen molar-refractivity contribution in [2.45, 2.75) is 0 Å². The monoisotopic (exact) mass is 299 g/mol. The van der Waals surface area contributed by atoms with Crippen molar-refractivity contribution >= 4 is 23.1 Å². The Morgan fingerprint density at radius 3 is 2.76 bits per heavy atom. The third kappa shape index (κ3) is 2.95. The van der Waals surface area contributed by atoms with Gasteiger partial charge in [-0.25, -0.2) is 4.79 Å². The third-order valence-corrected chi connectivity index (χ3v) is 3.66. The minimum absolute atomic E-state index is 0.499. The molecule has 0 N–H and O–H groups in total. The van der Waals surface area contributed by atoms with Crippen LogP contribution in [0, 0.1) is 0 Å². The molecule has 21 heavy (non-hydrogen) atoms. The van der Waals surface area contributed by atoms with Gasteiger partial charge in [0.2, 0.25) is 0 Å². The molecule has 1 aromatic carbocycles. The van der Waals surface area contributed by atoms with E-state index >= 15 is 0 Å². The van der Waals surface area contributed by atoms with E-state index in [1.807, 2.05) is 47.2 Å². The van der Waals surface area contributed by atoms with E-state index in [1.165, 1.54) is 9.75 Å². The number of carbonyl (C=O) groups excluding carboxylic acids is 1. The van der Waals surface area contributed by atoms with Gasteiger partial charge in [0.05, 0.1) is 11.9 Å². The van der Waals surface area contributed by atoms with E-state index in [2.05, 4.69) is 5.10 Å². The third-order valence-electron chi connectivity index (χ3n) is 2.97. The number of rotatable bonds is 3. The molecule has 2 aromatic heterocycles. The summed E-state index contributed by atoms with van der Waals surface area (Å²) in [6, 6.07) is 13.1. The second-order valence-corrected chi connectivity index (χ2v) is 5.15. The van der Waals surface area contributed by atoms with Gasteiger partial charge < -0.3 is 0 Å². The first-order valence-corrected chi connectivity index (χ1v) is 7.27. The highest BCUT2D eigenvalue weighted by molar-refractivity contribution is 7.08. The molecule has 0 spiro atoms. The number of hydrogen-bond donors (Lipinski definition) is 0. The van der Waals surface area contributed by atoms with E-state index in [4.69, 9.17) is 4.84 Å². The Morgan fingerprint density at radius 1 is 1.24 bits per heavy atom.